The first-order chi connectivity index (χ1) is 11.9. The molecule has 0 unspecified atom stereocenters. The number of aromatic nitrogens is 1. The van der Waals surface area contributed by atoms with E-state index in [1.165, 1.54) is 16.9 Å². The highest BCUT2D eigenvalue weighted by Gasteiger charge is 2.10. The Morgan fingerprint density at radius 3 is 2.72 bits per heavy atom. The molecule has 7 heteroatoms. The number of fused-ring (bicyclic) bond motifs is 1. The van der Waals surface area contributed by atoms with Crippen LogP contribution in [0.2, 0.25) is 5.02 Å². The third-order valence-electron chi connectivity index (χ3n) is 3.67. The highest BCUT2D eigenvalue weighted by Crippen LogP contribution is 2.32. The van der Waals surface area contributed by atoms with Gasteiger partial charge in [0, 0.05) is 5.69 Å². The molecule has 0 saturated heterocycles. The van der Waals surface area contributed by atoms with Gasteiger partial charge in [-0.1, -0.05) is 48.9 Å². The van der Waals surface area contributed by atoms with E-state index in [1.807, 2.05) is 24.3 Å². The number of thiazole rings is 1. The van der Waals surface area contributed by atoms with Crippen LogP contribution >= 0.6 is 22.9 Å². The molecule has 3 N–H and O–H groups in total. The van der Waals surface area contributed by atoms with Crippen molar-refractivity contribution in [2.75, 3.05) is 17.7 Å². The molecule has 130 valence electrons. The number of amides is 1. The van der Waals surface area contributed by atoms with Gasteiger partial charge in [0.2, 0.25) is 0 Å². The van der Waals surface area contributed by atoms with Crippen LogP contribution in [0.5, 0.6) is 5.75 Å². The lowest BCUT2D eigenvalue weighted by Gasteiger charge is -2.10. The lowest BCUT2D eigenvalue weighted by Crippen LogP contribution is -2.20. The summed E-state index contributed by atoms with van der Waals surface area (Å²) in [5.41, 5.74) is 8.15. The van der Waals surface area contributed by atoms with Crippen molar-refractivity contribution in [1.29, 1.82) is 0 Å². The number of carbonyl (C=O) groups excluding carboxylic acids is 1. The Kier molecular flexibility index (Phi) is 5.11. The number of halogens is 1. The quantitative estimate of drug-likeness (QED) is 0.679. The molecule has 0 bridgehead atoms. The van der Waals surface area contributed by atoms with Gasteiger partial charge >= 0.3 is 0 Å². The maximum absolute atomic E-state index is 12.1. The summed E-state index contributed by atoms with van der Waals surface area (Å²) >= 11 is 7.50. The molecule has 3 aromatic rings. The lowest BCUT2D eigenvalue weighted by molar-refractivity contribution is -0.118. The number of ether oxygens (including phenoxy) is 1. The Morgan fingerprint density at radius 2 is 2.04 bits per heavy atom. The van der Waals surface area contributed by atoms with Gasteiger partial charge in [-0.25, -0.2) is 4.98 Å². The number of rotatable bonds is 5. The third-order valence-corrected chi connectivity index (χ3v) is 4.79. The van der Waals surface area contributed by atoms with Crippen molar-refractivity contribution in [3.63, 3.8) is 0 Å². The van der Waals surface area contributed by atoms with Gasteiger partial charge in [0.25, 0.3) is 5.91 Å². The molecular weight excluding hydrogens is 358 g/mol. The van der Waals surface area contributed by atoms with E-state index >= 15 is 0 Å². The molecule has 1 amide bonds. The number of nitrogens with one attached hydrogen (secondary N) is 1. The summed E-state index contributed by atoms with van der Waals surface area (Å²) in [6.07, 6.45) is 0. The van der Waals surface area contributed by atoms with Crippen LogP contribution in [0, 0.1) is 0 Å². The smallest absolute Gasteiger partial charge is 0.262 e. The molecule has 0 aliphatic carbocycles. The summed E-state index contributed by atoms with van der Waals surface area (Å²) < 4.78 is 6.35. The maximum atomic E-state index is 12.1. The second kappa shape index (κ2) is 7.29. The molecule has 0 spiro atoms. The van der Waals surface area contributed by atoms with Gasteiger partial charge in [-0.05, 0) is 35.7 Å². The summed E-state index contributed by atoms with van der Waals surface area (Å²) in [5.74, 6) is 0.849. The fourth-order valence-corrected chi connectivity index (χ4v) is 3.49. The van der Waals surface area contributed by atoms with E-state index < -0.39 is 0 Å². The van der Waals surface area contributed by atoms with Gasteiger partial charge in [-0.2, -0.15) is 0 Å². The van der Waals surface area contributed by atoms with E-state index in [0.29, 0.717) is 33.0 Å². The molecule has 0 radical (unpaired) electrons. The lowest BCUT2D eigenvalue weighted by atomic mass is 10.0. The average molecular weight is 376 g/mol. The summed E-state index contributed by atoms with van der Waals surface area (Å²) in [4.78, 5) is 16.3. The number of nitrogen functional groups attached to an aromatic ring is 1. The van der Waals surface area contributed by atoms with E-state index in [1.54, 1.807) is 12.1 Å². The van der Waals surface area contributed by atoms with Crippen molar-refractivity contribution in [2.24, 2.45) is 0 Å². The van der Waals surface area contributed by atoms with Gasteiger partial charge < -0.3 is 15.8 Å². The first kappa shape index (κ1) is 17.5. The number of nitrogens with zero attached hydrogens (tertiary/aromatic N) is 1. The minimum absolute atomic E-state index is 0.0818. The summed E-state index contributed by atoms with van der Waals surface area (Å²) in [6.45, 7) is 4.17. The first-order valence-corrected chi connectivity index (χ1v) is 9.00. The summed E-state index contributed by atoms with van der Waals surface area (Å²) in [5, 5.41) is 3.66. The van der Waals surface area contributed by atoms with Crippen molar-refractivity contribution >= 4 is 49.9 Å². The Hall–Kier alpha value is -2.31. The van der Waals surface area contributed by atoms with Crippen LogP contribution < -0.4 is 15.8 Å². The number of carbonyl (C=O) groups is 1. The van der Waals surface area contributed by atoms with Gasteiger partial charge in [0.15, 0.2) is 11.7 Å². The van der Waals surface area contributed by atoms with Crippen molar-refractivity contribution in [3.05, 3.63) is 47.0 Å². The molecule has 0 saturated carbocycles. The molecular formula is C18H18ClN3O2S. The van der Waals surface area contributed by atoms with E-state index in [-0.39, 0.29) is 12.5 Å². The molecule has 0 aliphatic heterocycles. The minimum atomic E-state index is -0.263. The van der Waals surface area contributed by atoms with Crippen molar-refractivity contribution < 1.29 is 9.53 Å². The minimum Gasteiger partial charge on any atom is -0.484 e. The van der Waals surface area contributed by atoms with Crippen LogP contribution in [0.15, 0.2) is 36.4 Å². The van der Waals surface area contributed by atoms with Crippen molar-refractivity contribution in [2.45, 2.75) is 19.8 Å². The highest BCUT2D eigenvalue weighted by atomic mass is 35.5. The van der Waals surface area contributed by atoms with Crippen LogP contribution in [0.25, 0.3) is 10.2 Å². The Morgan fingerprint density at radius 1 is 1.32 bits per heavy atom. The molecule has 0 fully saturated rings. The van der Waals surface area contributed by atoms with Gasteiger partial charge in [0.05, 0.1) is 9.72 Å². The van der Waals surface area contributed by atoms with E-state index in [2.05, 4.69) is 24.1 Å². The monoisotopic (exact) mass is 375 g/mol. The van der Waals surface area contributed by atoms with Crippen LogP contribution in [0.3, 0.4) is 0 Å². The van der Waals surface area contributed by atoms with Crippen LogP contribution in [0.1, 0.15) is 25.3 Å². The largest absolute Gasteiger partial charge is 0.484 e. The SMILES string of the molecule is CC(C)c1ccc(OCC(=O)Nc2cc(Cl)c3nc(N)sc3c2)cc1. The Balaban J connectivity index is 1.62. The van der Waals surface area contributed by atoms with Crippen molar-refractivity contribution in [1.82, 2.24) is 4.98 Å². The zero-order chi connectivity index (χ0) is 18.0. The number of anilines is 2. The highest BCUT2D eigenvalue weighted by molar-refractivity contribution is 7.22. The summed E-state index contributed by atoms with van der Waals surface area (Å²) in [6, 6.07) is 11.2. The Labute approximate surface area is 154 Å². The average Bonchev–Trinajstić information content (AvgIpc) is 2.94. The second-order valence-corrected chi connectivity index (χ2v) is 7.39. The normalized spacial score (nSPS) is 11.0. The molecule has 1 heterocycles. The number of benzene rings is 2. The summed E-state index contributed by atoms with van der Waals surface area (Å²) in [7, 11) is 0. The van der Waals surface area contributed by atoms with E-state index in [4.69, 9.17) is 22.1 Å². The zero-order valence-corrected chi connectivity index (χ0v) is 15.4. The number of hydrogen-bond donors (Lipinski definition) is 2. The predicted octanol–water partition coefficient (Wildman–Crippen LogP) is 4.67. The van der Waals surface area contributed by atoms with E-state index in [0.717, 1.165) is 4.70 Å². The van der Waals surface area contributed by atoms with Crippen molar-refractivity contribution in [3.8, 4) is 5.75 Å². The van der Waals surface area contributed by atoms with Gasteiger partial charge in [-0.15, -0.1) is 0 Å². The fourth-order valence-electron chi connectivity index (χ4n) is 2.37. The van der Waals surface area contributed by atoms with E-state index in [9.17, 15) is 4.79 Å². The standard InChI is InChI=1S/C18H18ClN3O2S/c1-10(2)11-3-5-13(6-4-11)24-9-16(23)21-12-7-14(19)17-15(8-12)25-18(20)22-17/h3-8,10H,9H2,1-2H3,(H2,20,22)(H,21,23). The third kappa shape index (κ3) is 4.21. The molecule has 0 atom stereocenters. The van der Waals surface area contributed by atoms with Crippen LogP contribution in [0.4, 0.5) is 10.8 Å². The van der Waals surface area contributed by atoms with Gasteiger partial charge in [-0.3, -0.25) is 4.79 Å². The molecule has 3 rings (SSSR count). The number of nitrogens with two attached hydrogens (primary N) is 1. The Bertz CT molecular complexity index is 907. The predicted molar refractivity (Wildman–Crippen MR) is 104 cm³/mol. The molecule has 2 aromatic carbocycles. The topological polar surface area (TPSA) is 77.2 Å². The molecule has 1 aromatic heterocycles. The molecule has 0 aliphatic rings. The molecule has 25 heavy (non-hydrogen) atoms. The maximum Gasteiger partial charge on any atom is 0.262 e. The van der Waals surface area contributed by atoms with Crippen LogP contribution in [-0.4, -0.2) is 17.5 Å². The first-order valence-electron chi connectivity index (χ1n) is 7.80. The fraction of sp³-hybridized carbons (Fsp3) is 0.222. The number of hydrogen-bond acceptors (Lipinski definition) is 5. The molecule has 5 nitrogen and oxygen atoms in total. The second-order valence-electron chi connectivity index (χ2n) is 5.92. The zero-order valence-electron chi connectivity index (χ0n) is 13.9. The van der Waals surface area contributed by atoms with Gasteiger partial charge in [0.1, 0.15) is 11.3 Å². The van der Waals surface area contributed by atoms with Crippen LogP contribution in [-0.2, 0) is 4.79 Å².